The second-order valence-electron chi connectivity index (χ2n) is 4.54. The second-order valence-corrected chi connectivity index (χ2v) is 6.59. The van der Waals surface area contributed by atoms with Crippen molar-refractivity contribution in [1.82, 2.24) is 4.90 Å². The van der Waals surface area contributed by atoms with Crippen LogP contribution in [-0.4, -0.2) is 23.1 Å². The minimum absolute atomic E-state index is 0.203. The monoisotopic (exact) mass is 305 g/mol. The number of aryl methyl sites for hydroxylation is 1. The molecule has 1 amide bonds. The fourth-order valence-corrected chi connectivity index (χ4v) is 3.57. The highest BCUT2D eigenvalue weighted by molar-refractivity contribution is 8.00. The molecule has 0 aliphatic carbocycles. The number of hydrogen-bond acceptors (Lipinski definition) is 3. The van der Waals surface area contributed by atoms with Crippen molar-refractivity contribution in [3.8, 4) is 0 Å². The summed E-state index contributed by atoms with van der Waals surface area (Å²) in [5.41, 5.74) is 1.23. The average Bonchev–Trinajstić information content (AvgIpc) is 2.96. The third-order valence-corrected chi connectivity index (χ3v) is 5.13. The van der Waals surface area contributed by atoms with Gasteiger partial charge in [0.2, 0.25) is 5.91 Å². The summed E-state index contributed by atoms with van der Waals surface area (Å²) < 4.78 is 0. The van der Waals surface area contributed by atoms with E-state index in [1.165, 1.54) is 15.3 Å². The zero-order valence-corrected chi connectivity index (χ0v) is 13.5. The van der Waals surface area contributed by atoms with Gasteiger partial charge in [0.05, 0.1) is 12.3 Å². The Kier molecular flexibility index (Phi) is 5.68. The minimum atomic E-state index is 0.203. The highest BCUT2D eigenvalue weighted by Gasteiger charge is 2.13. The predicted octanol–water partition coefficient (Wildman–Crippen LogP) is 4.20. The van der Waals surface area contributed by atoms with E-state index in [0.29, 0.717) is 5.75 Å². The molecule has 1 heterocycles. The first-order valence-corrected chi connectivity index (χ1v) is 8.55. The number of carbonyl (C=O) groups excluding carboxylic acids is 1. The molecular formula is C16H19NOS2. The molecule has 0 saturated carbocycles. The molecule has 0 spiro atoms. The van der Waals surface area contributed by atoms with E-state index in [1.807, 2.05) is 30.0 Å². The Morgan fingerprint density at radius 2 is 2.05 bits per heavy atom. The summed E-state index contributed by atoms with van der Waals surface area (Å²) in [6, 6.07) is 12.3. The molecule has 0 radical (unpaired) electrons. The topological polar surface area (TPSA) is 20.3 Å². The number of hydrogen-bond donors (Lipinski definition) is 0. The van der Waals surface area contributed by atoms with Gasteiger partial charge in [-0.15, -0.1) is 23.1 Å². The summed E-state index contributed by atoms with van der Waals surface area (Å²) in [5.74, 6) is 0.707. The van der Waals surface area contributed by atoms with Gasteiger partial charge in [-0.2, -0.15) is 0 Å². The molecule has 0 fully saturated rings. The van der Waals surface area contributed by atoms with Crippen LogP contribution >= 0.6 is 23.1 Å². The zero-order chi connectivity index (χ0) is 14.4. The van der Waals surface area contributed by atoms with Gasteiger partial charge in [-0.25, -0.2) is 0 Å². The average molecular weight is 305 g/mol. The van der Waals surface area contributed by atoms with Crippen LogP contribution in [0.25, 0.3) is 0 Å². The highest BCUT2D eigenvalue weighted by Crippen LogP contribution is 2.22. The molecule has 4 heteroatoms. The van der Waals surface area contributed by atoms with Crippen molar-refractivity contribution >= 4 is 29.0 Å². The Morgan fingerprint density at radius 3 is 2.70 bits per heavy atom. The van der Waals surface area contributed by atoms with Gasteiger partial charge in [-0.3, -0.25) is 4.79 Å². The van der Waals surface area contributed by atoms with E-state index in [9.17, 15) is 4.79 Å². The number of thiophene rings is 1. The van der Waals surface area contributed by atoms with Crippen LogP contribution in [0.1, 0.15) is 17.4 Å². The zero-order valence-electron chi connectivity index (χ0n) is 11.8. The van der Waals surface area contributed by atoms with Gasteiger partial charge in [0.25, 0.3) is 0 Å². The molecule has 1 aromatic carbocycles. The standard InChI is InChI=1S/C16H19NOS2/c1-3-17(11-14-8-6-10-19-14)16(18)12-20-15-9-5-4-7-13(15)2/h4-10H,3,11-12H2,1-2H3. The number of thioether (sulfide) groups is 1. The lowest BCUT2D eigenvalue weighted by Gasteiger charge is -2.20. The first kappa shape index (κ1) is 15.1. The number of nitrogens with zero attached hydrogens (tertiary/aromatic N) is 1. The Balaban J connectivity index is 1.91. The molecule has 2 nitrogen and oxygen atoms in total. The first-order chi connectivity index (χ1) is 9.70. The molecule has 20 heavy (non-hydrogen) atoms. The van der Waals surface area contributed by atoms with Crippen LogP contribution in [0.2, 0.25) is 0 Å². The van der Waals surface area contributed by atoms with Crippen molar-refractivity contribution in [3.05, 3.63) is 52.2 Å². The molecule has 0 unspecified atom stereocenters. The molecule has 0 bridgehead atoms. The molecule has 0 aliphatic heterocycles. The molecule has 0 N–H and O–H groups in total. The Bertz CT molecular complexity index is 551. The van der Waals surface area contributed by atoms with Crippen molar-refractivity contribution < 1.29 is 4.79 Å². The lowest BCUT2D eigenvalue weighted by molar-refractivity contribution is -0.128. The van der Waals surface area contributed by atoms with Gasteiger partial charge in [0.1, 0.15) is 0 Å². The van der Waals surface area contributed by atoms with Gasteiger partial charge in [0.15, 0.2) is 0 Å². The molecule has 2 aromatic rings. The Labute approximate surface area is 128 Å². The fourth-order valence-electron chi connectivity index (χ4n) is 1.92. The first-order valence-electron chi connectivity index (χ1n) is 6.69. The van der Waals surface area contributed by atoms with Crippen LogP contribution in [-0.2, 0) is 11.3 Å². The van der Waals surface area contributed by atoms with Gasteiger partial charge in [-0.1, -0.05) is 24.3 Å². The summed E-state index contributed by atoms with van der Waals surface area (Å²) in [6.07, 6.45) is 0. The molecule has 2 rings (SSSR count). The maximum atomic E-state index is 12.3. The van der Waals surface area contributed by atoms with Crippen molar-refractivity contribution in [2.24, 2.45) is 0 Å². The maximum Gasteiger partial charge on any atom is 0.233 e. The van der Waals surface area contributed by atoms with Crippen LogP contribution in [0.15, 0.2) is 46.7 Å². The largest absolute Gasteiger partial charge is 0.337 e. The third-order valence-electron chi connectivity index (χ3n) is 3.11. The maximum absolute atomic E-state index is 12.3. The molecule has 0 saturated heterocycles. The van der Waals surface area contributed by atoms with Crippen LogP contribution in [0, 0.1) is 6.92 Å². The summed E-state index contributed by atoms with van der Waals surface area (Å²) in [4.78, 5) is 16.6. The van der Waals surface area contributed by atoms with Crippen molar-refractivity contribution in [2.45, 2.75) is 25.3 Å². The van der Waals surface area contributed by atoms with Crippen molar-refractivity contribution in [2.75, 3.05) is 12.3 Å². The quantitative estimate of drug-likeness (QED) is 0.746. The number of rotatable bonds is 6. The minimum Gasteiger partial charge on any atom is -0.337 e. The second kappa shape index (κ2) is 7.50. The number of benzene rings is 1. The summed E-state index contributed by atoms with van der Waals surface area (Å²) >= 11 is 3.32. The normalized spacial score (nSPS) is 10.5. The third kappa shape index (κ3) is 4.12. The summed E-state index contributed by atoms with van der Waals surface area (Å²) in [7, 11) is 0. The SMILES string of the molecule is CCN(Cc1cccs1)C(=O)CSc1ccccc1C. The van der Waals surface area contributed by atoms with Gasteiger partial charge >= 0.3 is 0 Å². The van der Waals surface area contributed by atoms with Crippen molar-refractivity contribution in [3.63, 3.8) is 0 Å². The van der Waals surface area contributed by atoms with E-state index in [2.05, 4.69) is 30.5 Å². The van der Waals surface area contributed by atoms with E-state index < -0.39 is 0 Å². The fraction of sp³-hybridized carbons (Fsp3) is 0.312. The van der Waals surface area contributed by atoms with E-state index >= 15 is 0 Å². The van der Waals surface area contributed by atoms with E-state index in [-0.39, 0.29) is 5.91 Å². The van der Waals surface area contributed by atoms with E-state index in [1.54, 1.807) is 23.1 Å². The highest BCUT2D eigenvalue weighted by atomic mass is 32.2. The predicted molar refractivity (Wildman–Crippen MR) is 87.3 cm³/mol. The Hall–Kier alpha value is -1.26. The summed E-state index contributed by atoms with van der Waals surface area (Å²) in [6.45, 7) is 5.59. The van der Waals surface area contributed by atoms with Gasteiger partial charge in [0, 0.05) is 16.3 Å². The van der Waals surface area contributed by atoms with Gasteiger partial charge < -0.3 is 4.90 Å². The molecule has 0 aliphatic rings. The Morgan fingerprint density at radius 1 is 1.25 bits per heavy atom. The number of amides is 1. The molecule has 0 atom stereocenters. The van der Waals surface area contributed by atoms with Gasteiger partial charge in [-0.05, 0) is 36.9 Å². The smallest absolute Gasteiger partial charge is 0.233 e. The molecule has 1 aromatic heterocycles. The summed E-state index contributed by atoms with van der Waals surface area (Å²) in [5, 5.41) is 2.05. The van der Waals surface area contributed by atoms with Crippen LogP contribution < -0.4 is 0 Å². The lowest BCUT2D eigenvalue weighted by Crippen LogP contribution is -2.31. The van der Waals surface area contributed by atoms with E-state index in [0.717, 1.165) is 13.1 Å². The van der Waals surface area contributed by atoms with Crippen LogP contribution in [0.5, 0.6) is 0 Å². The number of carbonyl (C=O) groups is 1. The van der Waals surface area contributed by atoms with Crippen molar-refractivity contribution in [1.29, 1.82) is 0 Å². The van der Waals surface area contributed by atoms with Crippen LogP contribution in [0.4, 0.5) is 0 Å². The molecular weight excluding hydrogens is 286 g/mol. The van der Waals surface area contributed by atoms with E-state index in [4.69, 9.17) is 0 Å². The lowest BCUT2D eigenvalue weighted by atomic mass is 10.2. The molecule has 106 valence electrons. The van der Waals surface area contributed by atoms with Crippen LogP contribution in [0.3, 0.4) is 0 Å².